The first-order valence-corrected chi connectivity index (χ1v) is 6.70. The van der Waals surface area contributed by atoms with Crippen LogP contribution in [-0.4, -0.2) is 12.1 Å². The van der Waals surface area contributed by atoms with Crippen LogP contribution >= 0.6 is 0 Å². The average molecular weight is 249 g/mol. The lowest BCUT2D eigenvalue weighted by molar-refractivity contribution is 0.221. The van der Waals surface area contributed by atoms with Gasteiger partial charge in [0.15, 0.2) is 0 Å². The van der Waals surface area contributed by atoms with Gasteiger partial charge in [-0.05, 0) is 30.7 Å². The number of ether oxygens (including phenoxy) is 1. The lowest BCUT2D eigenvalue weighted by atomic mass is 9.77. The number of nitrogens with two attached hydrogens (primary N) is 1. The zero-order chi connectivity index (χ0) is 13.0. The molecule has 3 N–H and O–H groups in total. The van der Waals surface area contributed by atoms with Gasteiger partial charge in [-0.1, -0.05) is 19.8 Å². The van der Waals surface area contributed by atoms with Gasteiger partial charge in [0.1, 0.15) is 5.75 Å². The number of rotatable bonds is 4. The quantitative estimate of drug-likeness (QED) is 0.635. The van der Waals surface area contributed by atoms with Crippen molar-refractivity contribution < 1.29 is 4.74 Å². The zero-order valence-electron chi connectivity index (χ0n) is 11.2. The van der Waals surface area contributed by atoms with Crippen LogP contribution in [0.4, 0.5) is 0 Å². The Labute approximate surface area is 109 Å². The summed E-state index contributed by atoms with van der Waals surface area (Å²) in [6.07, 6.45) is 8.63. The van der Waals surface area contributed by atoms with Crippen LogP contribution < -0.4 is 16.0 Å². The maximum Gasteiger partial charge on any atom is 0.141 e. The van der Waals surface area contributed by atoms with Crippen LogP contribution in [-0.2, 0) is 0 Å². The largest absolute Gasteiger partial charge is 0.495 e. The van der Waals surface area contributed by atoms with Crippen LogP contribution in [0.3, 0.4) is 0 Å². The second-order valence-electron chi connectivity index (χ2n) is 5.29. The summed E-state index contributed by atoms with van der Waals surface area (Å²) in [7, 11) is 1.68. The van der Waals surface area contributed by atoms with Crippen LogP contribution in [0.2, 0.25) is 0 Å². The summed E-state index contributed by atoms with van der Waals surface area (Å²) >= 11 is 0. The topological polar surface area (TPSA) is 60.2 Å². The Morgan fingerprint density at radius 3 is 3.00 bits per heavy atom. The second-order valence-corrected chi connectivity index (χ2v) is 5.29. The molecule has 2 rings (SSSR count). The monoisotopic (exact) mass is 249 g/mol. The van der Waals surface area contributed by atoms with Crippen LogP contribution in [0, 0.1) is 11.8 Å². The Morgan fingerprint density at radius 1 is 1.50 bits per heavy atom. The Morgan fingerprint density at radius 2 is 2.33 bits per heavy atom. The van der Waals surface area contributed by atoms with Crippen LogP contribution in [0.25, 0.3) is 0 Å². The van der Waals surface area contributed by atoms with Crippen LogP contribution in [0.5, 0.6) is 5.75 Å². The Kier molecular flexibility index (Phi) is 4.55. The first kappa shape index (κ1) is 13.3. The van der Waals surface area contributed by atoms with Crippen molar-refractivity contribution in [2.24, 2.45) is 17.7 Å². The van der Waals surface area contributed by atoms with Crippen molar-refractivity contribution in [1.82, 2.24) is 10.4 Å². The van der Waals surface area contributed by atoms with Gasteiger partial charge < -0.3 is 4.74 Å². The molecule has 18 heavy (non-hydrogen) atoms. The molecule has 1 fully saturated rings. The number of nitrogens with one attached hydrogen (secondary N) is 1. The molecule has 4 nitrogen and oxygen atoms in total. The fraction of sp³-hybridized carbons (Fsp3) is 0.643. The molecule has 0 aromatic carbocycles. The Bertz CT molecular complexity index is 383. The number of nitrogens with zero attached hydrogens (tertiary/aromatic N) is 1. The molecule has 1 aliphatic carbocycles. The number of hydrazine groups is 1. The number of hydrogen-bond acceptors (Lipinski definition) is 4. The van der Waals surface area contributed by atoms with E-state index in [1.165, 1.54) is 25.7 Å². The van der Waals surface area contributed by atoms with E-state index in [1.54, 1.807) is 19.5 Å². The molecule has 0 radical (unpaired) electrons. The summed E-state index contributed by atoms with van der Waals surface area (Å²) in [5.74, 6) is 7.96. The predicted molar refractivity (Wildman–Crippen MR) is 72.0 cm³/mol. The molecule has 1 aromatic rings. The number of pyridine rings is 1. The van der Waals surface area contributed by atoms with E-state index < -0.39 is 0 Å². The SMILES string of the molecule is COc1cnccc1C(NN)C1CCCC(C)C1. The molecule has 0 bridgehead atoms. The summed E-state index contributed by atoms with van der Waals surface area (Å²) in [4.78, 5) is 4.10. The van der Waals surface area contributed by atoms with Crippen molar-refractivity contribution >= 4 is 0 Å². The van der Waals surface area contributed by atoms with Gasteiger partial charge in [-0.3, -0.25) is 16.3 Å². The van der Waals surface area contributed by atoms with Gasteiger partial charge in [0.2, 0.25) is 0 Å². The first-order chi connectivity index (χ1) is 8.76. The highest BCUT2D eigenvalue weighted by molar-refractivity contribution is 5.33. The fourth-order valence-electron chi connectivity index (χ4n) is 3.08. The molecule has 0 aliphatic heterocycles. The maximum atomic E-state index is 5.78. The molecule has 1 saturated carbocycles. The second kappa shape index (κ2) is 6.16. The van der Waals surface area contributed by atoms with E-state index in [2.05, 4.69) is 17.3 Å². The van der Waals surface area contributed by atoms with E-state index in [9.17, 15) is 0 Å². The Hall–Kier alpha value is -1.13. The van der Waals surface area contributed by atoms with Crippen molar-refractivity contribution in [2.45, 2.75) is 38.6 Å². The third-order valence-corrected chi connectivity index (χ3v) is 4.00. The standard InChI is InChI=1S/C14H23N3O/c1-10-4-3-5-11(8-10)14(17-15)12-6-7-16-9-13(12)18-2/h6-7,9-11,14,17H,3-5,8,15H2,1-2H3. The number of methoxy groups -OCH3 is 1. The normalized spacial score (nSPS) is 25.7. The predicted octanol–water partition coefficient (Wildman–Crippen LogP) is 2.42. The fourth-order valence-corrected chi connectivity index (χ4v) is 3.08. The third-order valence-electron chi connectivity index (χ3n) is 4.00. The highest BCUT2D eigenvalue weighted by Gasteiger charge is 2.28. The van der Waals surface area contributed by atoms with Crippen LogP contribution in [0.15, 0.2) is 18.5 Å². The minimum absolute atomic E-state index is 0.158. The average Bonchev–Trinajstić information content (AvgIpc) is 2.40. The smallest absolute Gasteiger partial charge is 0.141 e. The van der Waals surface area contributed by atoms with E-state index in [0.717, 1.165) is 17.2 Å². The van der Waals surface area contributed by atoms with Gasteiger partial charge in [0.25, 0.3) is 0 Å². The van der Waals surface area contributed by atoms with E-state index in [0.29, 0.717) is 5.92 Å². The van der Waals surface area contributed by atoms with Gasteiger partial charge in [0, 0.05) is 11.8 Å². The molecule has 100 valence electrons. The van der Waals surface area contributed by atoms with Crippen molar-refractivity contribution in [3.05, 3.63) is 24.0 Å². The maximum absolute atomic E-state index is 5.78. The molecule has 1 aliphatic rings. The minimum atomic E-state index is 0.158. The zero-order valence-corrected chi connectivity index (χ0v) is 11.2. The molecule has 1 heterocycles. The van der Waals surface area contributed by atoms with Crippen molar-refractivity contribution in [3.63, 3.8) is 0 Å². The summed E-state index contributed by atoms with van der Waals surface area (Å²) in [5.41, 5.74) is 4.10. The molecular formula is C14H23N3O. The van der Waals surface area contributed by atoms with Gasteiger partial charge >= 0.3 is 0 Å². The van der Waals surface area contributed by atoms with Gasteiger partial charge in [0.05, 0.1) is 19.3 Å². The highest BCUT2D eigenvalue weighted by Crippen LogP contribution is 2.39. The lowest BCUT2D eigenvalue weighted by Crippen LogP contribution is -2.35. The number of aromatic nitrogens is 1. The molecule has 3 atom stereocenters. The van der Waals surface area contributed by atoms with E-state index >= 15 is 0 Å². The Balaban J connectivity index is 2.21. The van der Waals surface area contributed by atoms with E-state index in [1.807, 2.05) is 6.07 Å². The molecule has 0 saturated heterocycles. The molecule has 0 spiro atoms. The number of hydrogen-bond donors (Lipinski definition) is 2. The summed E-state index contributed by atoms with van der Waals surface area (Å²) in [5, 5.41) is 0. The molecule has 0 amide bonds. The van der Waals surface area contributed by atoms with E-state index in [-0.39, 0.29) is 6.04 Å². The molecule has 1 aromatic heterocycles. The molecule has 3 unspecified atom stereocenters. The highest BCUT2D eigenvalue weighted by atomic mass is 16.5. The van der Waals surface area contributed by atoms with Gasteiger partial charge in [-0.15, -0.1) is 0 Å². The van der Waals surface area contributed by atoms with Crippen molar-refractivity contribution in [3.8, 4) is 5.75 Å². The van der Waals surface area contributed by atoms with E-state index in [4.69, 9.17) is 10.6 Å². The molecular weight excluding hydrogens is 226 g/mol. The first-order valence-electron chi connectivity index (χ1n) is 6.70. The van der Waals surface area contributed by atoms with Gasteiger partial charge in [-0.2, -0.15) is 0 Å². The van der Waals surface area contributed by atoms with Crippen molar-refractivity contribution in [2.75, 3.05) is 7.11 Å². The molecule has 4 heteroatoms. The summed E-state index contributed by atoms with van der Waals surface area (Å²) in [6, 6.07) is 2.16. The summed E-state index contributed by atoms with van der Waals surface area (Å²) < 4.78 is 5.39. The van der Waals surface area contributed by atoms with Crippen molar-refractivity contribution in [1.29, 1.82) is 0 Å². The third kappa shape index (κ3) is 2.82. The minimum Gasteiger partial charge on any atom is -0.495 e. The van der Waals surface area contributed by atoms with Crippen LogP contribution in [0.1, 0.15) is 44.2 Å². The van der Waals surface area contributed by atoms with Gasteiger partial charge in [-0.25, -0.2) is 0 Å². The lowest BCUT2D eigenvalue weighted by Gasteiger charge is -2.33. The summed E-state index contributed by atoms with van der Waals surface area (Å²) in [6.45, 7) is 2.32.